The molecule has 0 amide bonds. The first-order valence-corrected chi connectivity index (χ1v) is 9.45. The van der Waals surface area contributed by atoms with Gasteiger partial charge in [0, 0.05) is 18.1 Å². The molecule has 2 aromatic rings. The van der Waals surface area contributed by atoms with Crippen LogP contribution in [0.2, 0.25) is 0 Å². The molecule has 0 saturated carbocycles. The molecular formula is C19H16F2O4S. The molecule has 0 aromatic heterocycles. The summed E-state index contributed by atoms with van der Waals surface area (Å²) in [6.07, 6.45) is 1.19. The fraction of sp³-hybridized carbons (Fsp3) is 0.211. The number of hydrogen-bond donors (Lipinski definition) is 0. The van der Waals surface area contributed by atoms with Crippen molar-refractivity contribution in [3.05, 3.63) is 71.3 Å². The minimum atomic E-state index is -4.03. The molecule has 0 spiro atoms. The van der Waals surface area contributed by atoms with Crippen LogP contribution in [0.3, 0.4) is 0 Å². The highest BCUT2D eigenvalue weighted by molar-refractivity contribution is 7.92. The summed E-state index contributed by atoms with van der Waals surface area (Å²) in [5.74, 6) is -2.45. The highest BCUT2D eigenvalue weighted by Gasteiger charge is 2.37. The zero-order valence-electron chi connectivity index (χ0n) is 13.9. The standard InChI is InChI=1S/C19H16F2O4S/c1-12-2-5-15(6-3-12)26(23,24)18-10-13(8-9-25-19(18)22)16-7-4-14(20)11-17(16)21/h2-8,11,18H,9-10H2,1H3. The van der Waals surface area contributed by atoms with Gasteiger partial charge in [0.25, 0.3) is 0 Å². The van der Waals surface area contributed by atoms with Crippen molar-refractivity contribution in [2.24, 2.45) is 0 Å². The Morgan fingerprint density at radius 1 is 1.08 bits per heavy atom. The predicted molar refractivity (Wildman–Crippen MR) is 92.1 cm³/mol. The second kappa shape index (κ2) is 6.99. The van der Waals surface area contributed by atoms with Crippen molar-refractivity contribution >= 4 is 21.4 Å². The molecule has 0 saturated heterocycles. The van der Waals surface area contributed by atoms with E-state index in [0.717, 1.165) is 11.6 Å². The van der Waals surface area contributed by atoms with Gasteiger partial charge >= 0.3 is 5.97 Å². The number of carbonyl (C=O) groups excluding carboxylic acids is 1. The van der Waals surface area contributed by atoms with Crippen LogP contribution in [0, 0.1) is 18.6 Å². The smallest absolute Gasteiger partial charge is 0.325 e. The molecular weight excluding hydrogens is 362 g/mol. The molecule has 7 heteroatoms. The van der Waals surface area contributed by atoms with Crippen molar-refractivity contribution in [2.75, 3.05) is 6.61 Å². The summed E-state index contributed by atoms with van der Waals surface area (Å²) < 4.78 is 58.0. The van der Waals surface area contributed by atoms with E-state index in [1.165, 1.54) is 24.3 Å². The van der Waals surface area contributed by atoms with Crippen molar-refractivity contribution < 1.29 is 26.7 Å². The zero-order chi connectivity index (χ0) is 18.9. The van der Waals surface area contributed by atoms with E-state index in [1.54, 1.807) is 12.1 Å². The van der Waals surface area contributed by atoms with Gasteiger partial charge in [0.1, 0.15) is 18.2 Å². The molecule has 0 fully saturated rings. The molecule has 3 rings (SSSR count). The first-order valence-electron chi connectivity index (χ1n) is 7.90. The van der Waals surface area contributed by atoms with Crippen LogP contribution in [-0.2, 0) is 19.4 Å². The number of aryl methyl sites for hydroxylation is 1. The Kier molecular flexibility index (Phi) is 4.91. The topological polar surface area (TPSA) is 60.4 Å². The maximum atomic E-state index is 14.1. The summed E-state index contributed by atoms with van der Waals surface area (Å²) in [7, 11) is -4.03. The SMILES string of the molecule is Cc1ccc(S(=O)(=O)C2CC(c3ccc(F)cc3F)=CCOC2=O)cc1. The summed E-state index contributed by atoms with van der Waals surface area (Å²) in [5.41, 5.74) is 1.21. The highest BCUT2D eigenvalue weighted by atomic mass is 32.2. The molecule has 1 atom stereocenters. The molecule has 1 aliphatic heterocycles. The molecule has 0 N–H and O–H groups in total. The number of allylic oxidation sites excluding steroid dienone is 1. The van der Waals surface area contributed by atoms with Crippen molar-refractivity contribution in [1.82, 2.24) is 0 Å². The van der Waals surface area contributed by atoms with Gasteiger partial charge in [0.05, 0.1) is 4.90 Å². The van der Waals surface area contributed by atoms with Crippen LogP contribution in [-0.4, -0.2) is 26.2 Å². The Bertz CT molecular complexity index is 979. The molecule has 4 nitrogen and oxygen atoms in total. The first kappa shape index (κ1) is 18.3. The number of halogens is 2. The van der Waals surface area contributed by atoms with Gasteiger partial charge in [-0.2, -0.15) is 0 Å². The van der Waals surface area contributed by atoms with Gasteiger partial charge < -0.3 is 4.74 Å². The van der Waals surface area contributed by atoms with E-state index in [4.69, 9.17) is 4.74 Å². The van der Waals surface area contributed by atoms with E-state index in [2.05, 4.69) is 0 Å². The van der Waals surface area contributed by atoms with Crippen LogP contribution in [0.1, 0.15) is 17.5 Å². The van der Waals surface area contributed by atoms with Crippen molar-refractivity contribution in [1.29, 1.82) is 0 Å². The van der Waals surface area contributed by atoms with Gasteiger partial charge in [0.2, 0.25) is 0 Å². The van der Waals surface area contributed by atoms with Gasteiger partial charge in [-0.15, -0.1) is 0 Å². The van der Waals surface area contributed by atoms with Crippen LogP contribution in [0.5, 0.6) is 0 Å². The van der Waals surface area contributed by atoms with Crippen molar-refractivity contribution in [2.45, 2.75) is 23.5 Å². The maximum Gasteiger partial charge on any atom is 0.325 e. The van der Waals surface area contributed by atoms with Crippen LogP contribution in [0.25, 0.3) is 5.57 Å². The zero-order valence-corrected chi connectivity index (χ0v) is 14.7. The molecule has 0 bridgehead atoms. The molecule has 2 aromatic carbocycles. The van der Waals surface area contributed by atoms with E-state index in [-0.39, 0.29) is 29.1 Å². The number of sulfone groups is 1. The number of benzene rings is 2. The van der Waals surface area contributed by atoms with Crippen LogP contribution < -0.4 is 0 Å². The monoisotopic (exact) mass is 378 g/mol. The Hall–Kier alpha value is -2.54. The fourth-order valence-electron chi connectivity index (χ4n) is 2.78. The summed E-state index contributed by atoms with van der Waals surface area (Å²) in [4.78, 5) is 12.2. The second-order valence-corrected chi connectivity index (χ2v) is 8.16. The molecule has 1 aliphatic rings. The number of ether oxygens (including phenoxy) is 1. The van der Waals surface area contributed by atoms with Gasteiger partial charge in [-0.05, 0) is 42.8 Å². The fourth-order valence-corrected chi connectivity index (χ4v) is 4.35. The number of hydrogen-bond acceptors (Lipinski definition) is 4. The summed E-state index contributed by atoms with van der Waals surface area (Å²) >= 11 is 0. The van der Waals surface area contributed by atoms with Crippen molar-refractivity contribution in [3.63, 3.8) is 0 Å². The number of esters is 1. The lowest BCUT2D eigenvalue weighted by molar-refractivity contribution is -0.141. The van der Waals surface area contributed by atoms with Gasteiger partial charge in [-0.1, -0.05) is 17.7 Å². The molecule has 0 aliphatic carbocycles. The van der Waals surface area contributed by atoms with Crippen LogP contribution >= 0.6 is 0 Å². The average Bonchev–Trinajstić information content (AvgIpc) is 2.77. The average molecular weight is 378 g/mol. The van der Waals surface area contributed by atoms with Gasteiger partial charge in [-0.3, -0.25) is 4.79 Å². The molecule has 26 heavy (non-hydrogen) atoms. The van der Waals surface area contributed by atoms with E-state index < -0.39 is 32.7 Å². The minimum Gasteiger partial charge on any atom is -0.460 e. The Morgan fingerprint density at radius 3 is 2.42 bits per heavy atom. The summed E-state index contributed by atoms with van der Waals surface area (Å²) in [6, 6.07) is 9.12. The lowest BCUT2D eigenvalue weighted by Gasteiger charge is -2.16. The van der Waals surface area contributed by atoms with E-state index in [0.29, 0.717) is 6.07 Å². The first-order chi connectivity index (χ1) is 12.3. The Morgan fingerprint density at radius 2 is 1.77 bits per heavy atom. The van der Waals surface area contributed by atoms with Gasteiger partial charge in [0.15, 0.2) is 15.1 Å². The van der Waals surface area contributed by atoms with Gasteiger partial charge in [-0.25, -0.2) is 17.2 Å². The lowest BCUT2D eigenvalue weighted by atomic mass is 10.0. The maximum absolute atomic E-state index is 14.1. The lowest BCUT2D eigenvalue weighted by Crippen LogP contribution is -2.31. The molecule has 1 unspecified atom stereocenters. The minimum absolute atomic E-state index is 0.00845. The number of rotatable bonds is 3. The highest BCUT2D eigenvalue weighted by Crippen LogP contribution is 2.31. The molecule has 136 valence electrons. The largest absolute Gasteiger partial charge is 0.460 e. The number of carbonyl (C=O) groups is 1. The van der Waals surface area contributed by atoms with Crippen LogP contribution in [0.4, 0.5) is 8.78 Å². The molecule has 0 radical (unpaired) electrons. The third-order valence-corrected chi connectivity index (χ3v) is 6.26. The summed E-state index contributed by atoms with van der Waals surface area (Å²) in [5, 5.41) is -1.50. The second-order valence-electron chi connectivity index (χ2n) is 6.03. The third kappa shape index (κ3) is 3.53. The Labute approximate surface area is 150 Å². The van der Waals surface area contributed by atoms with E-state index in [1.807, 2.05) is 6.92 Å². The summed E-state index contributed by atoms with van der Waals surface area (Å²) in [6.45, 7) is 1.64. The Balaban J connectivity index is 2.00. The molecule has 1 heterocycles. The van der Waals surface area contributed by atoms with E-state index in [9.17, 15) is 22.0 Å². The van der Waals surface area contributed by atoms with Crippen LogP contribution in [0.15, 0.2) is 53.4 Å². The number of cyclic esters (lactones) is 1. The third-order valence-electron chi connectivity index (χ3n) is 4.22. The predicted octanol–water partition coefficient (Wildman–Crippen LogP) is 3.45. The quantitative estimate of drug-likeness (QED) is 0.768. The van der Waals surface area contributed by atoms with Crippen molar-refractivity contribution in [3.8, 4) is 0 Å². The normalized spacial score (nSPS) is 18.0. The van der Waals surface area contributed by atoms with E-state index >= 15 is 0 Å².